The molecule has 6 saturated carbocycles. The van der Waals surface area contributed by atoms with E-state index in [4.69, 9.17) is 9.47 Å². The molecule has 0 bridgehead atoms. The number of ether oxygens (including phenoxy) is 2. The minimum atomic E-state index is -2.09. The Balaban J connectivity index is 0.874. The van der Waals surface area contributed by atoms with Crippen molar-refractivity contribution < 1.29 is 48.0 Å². The number of rotatable bonds is 7. The van der Waals surface area contributed by atoms with Crippen LogP contribution in [0.3, 0.4) is 0 Å². The largest absolute Gasteiger partial charge is 0.462 e. The number of carbonyl (C=O) groups excluding carboxylic acids is 5. The van der Waals surface area contributed by atoms with Gasteiger partial charge in [-0.05, 0) is 130 Å². The van der Waals surface area contributed by atoms with Gasteiger partial charge in [-0.3, -0.25) is 24.0 Å². The van der Waals surface area contributed by atoms with Crippen molar-refractivity contribution >= 4 is 29.3 Å². The normalized spacial score (nSPS) is 48.9. The number of ketones is 3. The fourth-order valence-corrected chi connectivity index (χ4v) is 15.2. The molecule has 0 aliphatic heterocycles. The van der Waals surface area contributed by atoms with Crippen LogP contribution in [0.5, 0.6) is 0 Å². The molecule has 0 saturated heterocycles. The summed E-state index contributed by atoms with van der Waals surface area (Å²) in [5.74, 6) is -0.706. The van der Waals surface area contributed by atoms with E-state index in [0.29, 0.717) is 66.8 Å². The number of esters is 2. The zero-order valence-corrected chi connectivity index (χ0v) is 34.0. The van der Waals surface area contributed by atoms with Gasteiger partial charge >= 0.3 is 11.9 Å². The molecule has 6 fully saturated rings. The highest BCUT2D eigenvalue weighted by Gasteiger charge is 2.75. The van der Waals surface area contributed by atoms with Gasteiger partial charge in [0.15, 0.2) is 23.8 Å². The second-order valence-electron chi connectivity index (χ2n) is 20.3. The molecule has 0 spiro atoms. The molecule has 0 radical (unpaired) electrons. The molecule has 9 nitrogen and oxygen atoms in total. The Kier molecular flexibility index (Phi) is 9.63. The van der Waals surface area contributed by atoms with Crippen molar-refractivity contribution in [3.05, 3.63) is 35.5 Å². The molecule has 16 atom stereocenters. The third-order valence-corrected chi connectivity index (χ3v) is 17.7. The van der Waals surface area contributed by atoms with Crippen molar-refractivity contribution in [1.82, 2.24) is 0 Å². The Morgan fingerprint density at radius 1 is 0.875 bits per heavy atom. The number of aliphatic hydroxyl groups is 2. The first-order valence-electron chi connectivity index (χ1n) is 21.4. The molecule has 0 aromatic heterocycles. The maximum absolute atomic E-state index is 17.5. The van der Waals surface area contributed by atoms with E-state index in [0.717, 1.165) is 32.1 Å². The minimum Gasteiger partial charge on any atom is -0.462 e. The second kappa shape index (κ2) is 13.5. The summed E-state index contributed by atoms with van der Waals surface area (Å²) in [5.41, 5.74) is -4.59. The predicted molar refractivity (Wildman–Crippen MR) is 204 cm³/mol. The van der Waals surface area contributed by atoms with E-state index in [-0.39, 0.29) is 42.3 Å². The number of fused-ring (bicyclic) bond motifs is 10. The first-order valence-corrected chi connectivity index (χ1v) is 21.4. The van der Waals surface area contributed by atoms with E-state index in [1.54, 1.807) is 26.8 Å². The lowest BCUT2D eigenvalue weighted by molar-refractivity contribution is -0.220. The number of halogens is 1. The van der Waals surface area contributed by atoms with Crippen LogP contribution >= 0.6 is 0 Å². The summed E-state index contributed by atoms with van der Waals surface area (Å²) in [6.45, 7) is 11.5. The fourth-order valence-electron chi connectivity index (χ4n) is 15.2. The van der Waals surface area contributed by atoms with Crippen molar-refractivity contribution in [1.29, 1.82) is 0 Å². The molecule has 306 valence electrons. The van der Waals surface area contributed by atoms with Crippen LogP contribution in [-0.2, 0) is 33.4 Å². The number of hydrogen-bond acceptors (Lipinski definition) is 9. The van der Waals surface area contributed by atoms with Crippen LogP contribution in [0.4, 0.5) is 4.39 Å². The Morgan fingerprint density at radius 3 is 2.36 bits per heavy atom. The van der Waals surface area contributed by atoms with Gasteiger partial charge < -0.3 is 19.7 Å². The third-order valence-electron chi connectivity index (χ3n) is 17.7. The molecule has 56 heavy (non-hydrogen) atoms. The van der Waals surface area contributed by atoms with Gasteiger partial charge in [0.05, 0.1) is 18.9 Å². The van der Waals surface area contributed by atoms with E-state index in [9.17, 15) is 34.2 Å². The van der Waals surface area contributed by atoms with Crippen molar-refractivity contribution in [3.63, 3.8) is 0 Å². The van der Waals surface area contributed by atoms with Crippen LogP contribution < -0.4 is 0 Å². The highest BCUT2D eigenvalue weighted by molar-refractivity contribution is 6.01. The van der Waals surface area contributed by atoms with Crippen molar-refractivity contribution in [3.8, 4) is 0 Å². The van der Waals surface area contributed by atoms with E-state index in [2.05, 4.69) is 20.8 Å². The topological polar surface area (TPSA) is 144 Å². The highest BCUT2D eigenvalue weighted by atomic mass is 19.1. The number of hydrogen-bond donors (Lipinski definition) is 2. The van der Waals surface area contributed by atoms with Gasteiger partial charge in [-0.1, -0.05) is 51.8 Å². The average Bonchev–Trinajstić information content (AvgIpc) is 3.55. The number of aliphatic hydroxyl groups excluding tert-OH is 1. The van der Waals surface area contributed by atoms with Crippen molar-refractivity contribution in [2.24, 2.45) is 69.5 Å². The van der Waals surface area contributed by atoms with Gasteiger partial charge in [0.2, 0.25) is 5.78 Å². The molecule has 6 unspecified atom stereocenters. The molecule has 8 aliphatic carbocycles. The molecule has 0 aromatic rings. The molecule has 0 aromatic carbocycles. The van der Waals surface area contributed by atoms with Crippen molar-refractivity contribution in [2.45, 2.75) is 142 Å². The summed E-state index contributed by atoms with van der Waals surface area (Å²) in [4.78, 5) is 64.6. The van der Waals surface area contributed by atoms with Crippen LogP contribution in [-0.4, -0.2) is 69.6 Å². The average molecular weight is 777 g/mol. The van der Waals surface area contributed by atoms with Gasteiger partial charge in [0, 0.05) is 28.6 Å². The monoisotopic (exact) mass is 776 g/mol. The van der Waals surface area contributed by atoms with Gasteiger partial charge in [-0.2, -0.15) is 0 Å². The summed E-state index contributed by atoms with van der Waals surface area (Å²) in [6, 6.07) is 0. The van der Waals surface area contributed by atoms with Gasteiger partial charge in [0.25, 0.3) is 0 Å². The van der Waals surface area contributed by atoms with Gasteiger partial charge in [-0.25, -0.2) is 4.39 Å². The van der Waals surface area contributed by atoms with Crippen LogP contribution in [0.25, 0.3) is 0 Å². The van der Waals surface area contributed by atoms with E-state index in [1.165, 1.54) is 17.7 Å². The molecule has 10 heteroatoms. The first kappa shape index (κ1) is 39.8. The SMILES string of the molecule is C[C@@H]1CC2=CC(=O)CCC2C2C1C1CC[C@H](OC(=O)CCC(=O)OCC(=O)[C@@]3(O)[C@@H](C)CC4C5CCC6=CC(=O)C=C[C@]6(C)[C@@]5(F)[C@@H](O)C[C@@]43C)[C@@]1(C)C[C@@H]2C. The number of allylic oxidation sites excluding steroid dienone is 5. The molecule has 8 aliphatic rings. The van der Waals surface area contributed by atoms with Crippen molar-refractivity contribution in [2.75, 3.05) is 6.61 Å². The highest BCUT2D eigenvalue weighted by Crippen LogP contribution is 2.71. The number of alkyl halides is 1. The summed E-state index contributed by atoms with van der Waals surface area (Å²) >= 11 is 0. The summed E-state index contributed by atoms with van der Waals surface area (Å²) < 4.78 is 29.1. The quantitative estimate of drug-likeness (QED) is 0.268. The molecule has 8 rings (SSSR count). The summed E-state index contributed by atoms with van der Waals surface area (Å²) in [7, 11) is 0. The molecule has 0 heterocycles. The van der Waals surface area contributed by atoms with Gasteiger partial charge in [-0.15, -0.1) is 0 Å². The van der Waals surface area contributed by atoms with Crippen LogP contribution in [0.1, 0.15) is 119 Å². The zero-order chi connectivity index (χ0) is 40.3. The Labute approximate surface area is 330 Å². The summed E-state index contributed by atoms with van der Waals surface area (Å²) in [6.07, 6.45) is 10.4. The molecular formula is C46H61FO9. The Morgan fingerprint density at radius 2 is 1.61 bits per heavy atom. The summed E-state index contributed by atoms with van der Waals surface area (Å²) in [5, 5.41) is 23.9. The minimum absolute atomic E-state index is 0.165. The van der Waals surface area contributed by atoms with E-state index in [1.807, 2.05) is 6.08 Å². The zero-order valence-electron chi connectivity index (χ0n) is 34.0. The fraction of sp³-hybridized carbons (Fsp3) is 0.761. The van der Waals surface area contributed by atoms with Crippen LogP contribution in [0.2, 0.25) is 0 Å². The first-order chi connectivity index (χ1) is 26.3. The second-order valence-corrected chi connectivity index (χ2v) is 20.3. The van der Waals surface area contributed by atoms with E-state index >= 15 is 4.39 Å². The lowest BCUT2D eigenvalue weighted by atomic mass is 9.44. The third kappa shape index (κ3) is 5.52. The Bertz CT molecular complexity index is 1820. The van der Waals surface area contributed by atoms with Crippen LogP contribution in [0.15, 0.2) is 35.5 Å². The molecular weight excluding hydrogens is 715 g/mol. The molecule has 0 amide bonds. The van der Waals surface area contributed by atoms with Crippen LogP contribution in [0, 0.1) is 69.5 Å². The molecule has 2 N–H and O–H groups in total. The maximum Gasteiger partial charge on any atom is 0.306 e. The number of Topliss-reactive ketones (excluding diaryl/α,β-unsaturated/α-hetero) is 1. The van der Waals surface area contributed by atoms with Gasteiger partial charge in [0.1, 0.15) is 11.7 Å². The lowest BCUT2D eigenvalue weighted by Crippen LogP contribution is -2.69. The standard InChI is InChI=1S/C46H61FO9/c1-24-17-27-19-29(48)8-9-31(27)40-25(2)21-42(4)33(41(24)40)11-12-37(42)56-39(53)14-13-38(52)55-23-36(51)46(54)26(3)18-34-32-10-7-28-20-30(49)15-16-43(28,5)45(32,47)35(50)22-44(34,46)6/h15-16,19-20,24-26,31-35,37,40-41,50,54H,7-14,17-18,21-23H2,1-6H3/t24-,25+,26+,31?,32?,33?,34?,35+,37+,40?,41?,42+,43+,44+,45+,46+/m1/s1. The maximum atomic E-state index is 17.5. The predicted octanol–water partition coefficient (Wildman–Crippen LogP) is 6.77. The Hall–Kier alpha value is -2.98. The number of carbonyl (C=O) groups is 5. The van der Waals surface area contributed by atoms with E-state index < -0.39 is 70.3 Å². The lowest BCUT2D eigenvalue weighted by Gasteiger charge is -2.62. The smallest absolute Gasteiger partial charge is 0.306 e.